The second-order valence-electron chi connectivity index (χ2n) is 4.67. The van der Waals surface area contributed by atoms with Gasteiger partial charge in [0.2, 0.25) is 5.91 Å². The molecule has 1 heterocycles. The van der Waals surface area contributed by atoms with Gasteiger partial charge in [-0.3, -0.25) is 4.79 Å². The highest BCUT2D eigenvalue weighted by atomic mass is 16.2. The highest BCUT2D eigenvalue weighted by Gasteiger charge is 2.24. The van der Waals surface area contributed by atoms with Crippen LogP contribution >= 0.6 is 0 Å². The molecule has 1 saturated heterocycles. The summed E-state index contributed by atoms with van der Waals surface area (Å²) in [5, 5.41) is 2.89. The molecule has 1 aliphatic rings. The van der Waals surface area contributed by atoms with Crippen LogP contribution in [0, 0.1) is 13.8 Å². The minimum atomic E-state index is 0.0478. The Labute approximate surface area is 102 Å². The van der Waals surface area contributed by atoms with E-state index in [2.05, 4.69) is 42.3 Å². The lowest BCUT2D eigenvalue weighted by Gasteiger charge is -2.34. The van der Waals surface area contributed by atoms with Crippen molar-refractivity contribution in [3.05, 3.63) is 29.3 Å². The molecule has 92 valence electrons. The Morgan fingerprint density at radius 2 is 2.24 bits per heavy atom. The number of amides is 1. The van der Waals surface area contributed by atoms with Crippen LogP contribution in [0.5, 0.6) is 0 Å². The maximum atomic E-state index is 11.6. The SMILES string of the molecule is Cc1ccc(N2CC(=O)NC(CN)C2)c(C)c1. The summed E-state index contributed by atoms with van der Waals surface area (Å²) >= 11 is 0. The van der Waals surface area contributed by atoms with Crippen molar-refractivity contribution in [2.24, 2.45) is 5.73 Å². The van der Waals surface area contributed by atoms with E-state index in [1.54, 1.807) is 0 Å². The predicted molar refractivity (Wildman–Crippen MR) is 69.1 cm³/mol. The second-order valence-corrected chi connectivity index (χ2v) is 4.67. The van der Waals surface area contributed by atoms with Gasteiger partial charge in [-0.15, -0.1) is 0 Å². The number of carbonyl (C=O) groups is 1. The van der Waals surface area contributed by atoms with E-state index in [-0.39, 0.29) is 11.9 Å². The fraction of sp³-hybridized carbons (Fsp3) is 0.462. The van der Waals surface area contributed by atoms with Crippen LogP contribution in [0.25, 0.3) is 0 Å². The standard InChI is InChI=1S/C13H19N3O/c1-9-3-4-12(10(2)5-9)16-7-11(6-14)15-13(17)8-16/h3-5,11H,6-8,14H2,1-2H3,(H,15,17). The van der Waals surface area contributed by atoms with E-state index in [1.807, 2.05) is 0 Å². The van der Waals surface area contributed by atoms with Gasteiger partial charge < -0.3 is 16.0 Å². The molecule has 0 saturated carbocycles. The first kappa shape index (κ1) is 11.9. The van der Waals surface area contributed by atoms with E-state index >= 15 is 0 Å². The first-order valence-electron chi connectivity index (χ1n) is 5.92. The van der Waals surface area contributed by atoms with Gasteiger partial charge in [0.25, 0.3) is 0 Å². The molecule has 0 radical (unpaired) electrons. The van der Waals surface area contributed by atoms with E-state index in [1.165, 1.54) is 11.1 Å². The lowest BCUT2D eigenvalue weighted by Crippen LogP contribution is -2.57. The minimum absolute atomic E-state index is 0.0478. The third-order valence-corrected chi connectivity index (χ3v) is 3.12. The lowest BCUT2D eigenvalue weighted by molar-refractivity contribution is -0.121. The molecule has 0 spiro atoms. The summed E-state index contributed by atoms with van der Waals surface area (Å²) in [7, 11) is 0. The van der Waals surface area contributed by atoms with Gasteiger partial charge in [0.05, 0.1) is 12.6 Å². The van der Waals surface area contributed by atoms with E-state index in [0.29, 0.717) is 13.1 Å². The molecule has 17 heavy (non-hydrogen) atoms. The molecule has 1 fully saturated rings. The maximum absolute atomic E-state index is 11.6. The van der Waals surface area contributed by atoms with Gasteiger partial charge in [-0.05, 0) is 25.5 Å². The molecule has 1 amide bonds. The van der Waals surface area contributed by atoms with Crippen molar-refractivity contribution in [1.82, 2.24) is 5.32 Å². The molecule has 1 unspecified atom stereocenters. The number of nitrogens with zero attached hydrogens (tertiary/aromatic N) is 1. The zero-order valence-corrected chi connectivity index (χ0v) is 10.4. The second kappa shape index (κ2) is 4.75. The number of hydrogen-bond donors (Lipinski definition) is 2. The summed E-state index contributed by atoms with van der Waals surface area (Å²) in [5.41, 5.74) is 9.20. The number of anilines is 1. The van der Waals surface area contributed by atoms with Crippen LogP contribution in [0.15, 0.2) is 18.2 Å². The average Bonchev–Trinajstić information content (AvgIpc) is 2.28. The normalized spacial score (nSPS) is 20.3. The molecule has 1 aromatic carbocycles. The smallest absolute Gasteiger partial charge is 0.239 e. The van der Waals surface area contributed by atoms with Crippen molar-refractivity contribution in [3.63, 3.8) is 0 Å². The Bertz CT molecular complexity index is 431. The highest BCUT2D eigenvalue weighted by Crippen LogP contribution is 2.22. The van der Waals surface area contributed by atoms with Crippen LogP contribution in [-0.2, 0) is 4.79 Å². The van der Waals surface area contributed by atoms with Crippen LogP contribution in [-0.4, -0.2) is 31.6 Å². The van der Waals surface area contributed by atoms with Crippen LogP contribution in [0.2, 0.25) is 0 Å². The van der Waals surface area contributed by atoms with Crippen LogP contribution in [0.4, 0.5) is 5.69 Å². The third kappa shape index (κ3) is 2.58. The third-order valence-electron chi connectivity index (χ3n) is 3.12. The molecule has 4 heteroatoms. The number of hydrogen-bond acceptors (Lipinski definition) is 3. The van der Waals surface area contributed by atoms with Gasteiger partial charge in [-0.1, -0.05) is 17.7 Å². The summed E-state index contributed by atoms with van der Waals surface area (Å²) in [5.74, 6) is 0.0478. The van der Waals surface area contributed by atoms with Crippen molar-refractivity contribution in [2.45, 2.75) is 19.9 Å². The van der Waals surface area contributed by atoms with Gasteiger partial charge in [0.15, 0.2) is 0 Å². The highest BCUT2D eigenvalue weighted by molar-refractivity contribution is 5.83. The molecule has 1 aliphatic heterocycles. The summed E-state index contributed by atoms with van der Waals surface area (Å²) < 4.78 is 0. The largest absolute Gasteiger partial charge is 0.360 e. The van der Waals surface area contributed by atoms with Crippen LogP contribution in [0.1, 0.15) is 11.1 Å². The average molecular weight is 233 g/mol. The predicted octanol–water partition coefficient (Wildman–Crippen LogP) is 0.567. The molecule has 2 rings (SSSR count). The Morgan fingerprint density at radius 3 is 2.88 bits per heavy atom. The topological polar surface area (TPSA) is 58.4 Å². The van der Waals surface area contributed by atoms with Crippen LogP contribution < -0.4 is 16.0 Å². The molecular weight excluding hydrogens is 214 g/mol. The van der Waals surface area contributed by atoms with Crippen LogP contribution in [0.3, 0.4) is 0 Å². The number of nitrogens with two attached hydrogens (primary N) is 1. The Hall–Kier alpha value is -1.55. The minimum Gasteiger partial charge on any atom is -0.360 e. The fourth-order valence-electron chi connectivity index (χ4n) is 2.30. The van der Waals surface area contributed by atoms with Crippen molar-refractivity contribution in [2.75, 3.05) is 24.5 Å². The van der Waals surface area contributed by atoms with Gasteiger partial charge >= 0.3 is 0 Å². The van der Waals surface area contributed by atoms with E-state index in [0.717, 1.165) is 12.2 Å². The number of carbonyl (C=O) groups excluding carboxylic acids is 1. The van der Waals surface area contributed by atoms with Crippen molar-refractivity contribution in [3.8, 4) is 0 Å². The van der Waals surface area contributed by atoms with Gasteiger partial charge in [-0.25, -0.2) is 0 Å². The summed E-state index contributed by atoms with van der Waals surface area (Å²) in [4.78, 5) is 13.7. The Kier molecular flexibility index (Phi) is 3.33. The Balaban J connectivity index is 2.23. The number of rotatable bonds is 2. The first-order chi connectivity index (χ1) is 8.10. The number of nitrogens with one attached hydrogen (secondary N) is 1. The quantitative estimate of drug-likeness (QED) is 0.785. The van der Waals surface area contributed by atoms with E-state index in [4.69, 9.17) is 5.73 Å². The molecule has 3 N–H and O–H groups in total. The zero-order valence-electron chi connectivity index (χ0n) is 10.4. The lowest BCUT2D eigenvalue weighted by atomic mass is 10.1. The van der Waals surface area contributed by atoms with Crippen molar-refractivity contribution < 1.29 is 4.79 Å². The fourth-order valence-corrected chi connectivity index (χ4v) is 2.30. The summed E-state index contributed by atoms with van der Waals surface area (Å²) in [6.45, 7) is 5.83. The van der Waals surface area contributed by atoms with Gasteiger partial charge in [0.1, 0.15) is 0 Å². The van der Waals surface area contributed by atoms with Crippen molar-refractivity contribution >= 4 is 11.6 Å². The van der Waals surface area contributed by atoms with E-state index in [9.17, 15) is 4.79 Å². The zero-order chi connectivity index (χ0) is 12.4. The molecule has 1 aromatic rings. The Morgan fingerprint density at radius 1 is 1.47 bits per heavy atom. The number of piperazine rings is 1. The molecule has 0 aliphatic carbocycles. The van der Waals surface area contributed by atoms with Gasteiger partial charge in [0, 0.05) is 18.8 Å². The first-order valence-corrected chi connectivity index (χ1v) is 5.92. The molecule has 4 nitrogen and oxygen atoms in total. The van der Waals surface area contributed by atoms with E-state index < -0.39 is 0 Å². The summed E-state index contributed by atoms with van der Waals surface area (Å²) in [6, 6.07) is 6.35. The van der Waals surface area contributed by atoms with Crippen molar-refractivity contribution in [1.29, 1.82) is 0 Å². The molecule has 0 bridgehead atoms. The monoisotopic (exact) mass is 233 g/mol. The molecule has 1 atom stereocenters. The van der Waals surface area contributed by atoms with Gasteiger partial charge in [-0.2, -0.15) is 0 Å². The summed E-state index contributed by atoms with van der Waals surface area (Å²) in [6.07, 6.45) is 0. The number of aryl methyl sites for hydroxylation is 2. The maximum Gasteiger partial charge on any atom is 0.239 e. The number of benzene rings is 1. The molecule has 0 aromatic heterocycles. The molecular formula is C13H19N3O.